The number of carbonyl (C=O) groups excluding carboxylic acids is 1. The molecule has 4 heteroatoms. The second kappa shape index (κ2) is 4.98. The standard InChI is InChI=1S/C17H17N3O/c1-11-9-20(16-5-3-2-4-14(11)16)10-13-7-6-12(17(19)21)8-15(13)18/h2-9H,10,18H2,1H3,(H2,19,21). The predicted octanol–water partition coefficient (Wildman–Crippen LogP) is 2.68. The maximum absolute atomic E-state index is 11.2. The first-order valence-corrected chi connectivity index (χ1v) is 6.79. The van der Waals surface area contributed by atoms with Crippen LogP contribution in [0.5, 0.6) is 0 Å². The molecular weight excluding hydrogens is 262 g/mol. The van der Waals surface area contributed by atoms with Gasteiger partial charge in [0.2, 0.25) is 5.91 Å². The number of amides is 1. The summed E-state index contributed by atoms with van der Waals surface area (Å²) in [6.07, 6.45) is 2.12. The zero-order chi connectivity index (χ0) is 15.0. The molecule has 1 amide bonds. The highest BCUT2D eigenvalue weighted by atomic mass is 16.1. The molecule has 3 aromatic rings. The van der Waals surface area contributed by atoms with Crippen molar-refractivity contribution in [1.29, 1.82) is 0 Å². The smallest absolute Gasteiger partial charge is 0.248 e. The SMILES string of the molecule is Cc1cn(Cc2ccc(C(N)=O)cc2N)c2ccccc12. The number of nitrogen functional groups attached to an aromatic ring is 1. The van der Waals surface area contributed by atoms with E-state index in [1.54, 1.807) is 12.1 Å². The minimum absolute atomic E-state index is 0.435. The molecule has 1 aromatic heterocycles. The Bertz CT molecular complexity index is 833. The van der Waals surface area contributed by atoms with E-state index in [4.69, 9.17) is 11.5 Å². The van der Waals surface area contributed by atoms with E-state index in [9.17, 15) is 4.79 Å². The number of hydrogen-bond donors (Lipinski definition) is 2. The highest BCUT2D eigenvalue weighted by molar-refractivity contribution is 5.93. The van der Waals surface area contributed by atoms with E-state index in [1.807, 2.05) is 18.2 Å². The topological polar surface area (TPSA) is 74.0 Å². The van der Waals surface area contributed by atoms with Gasteiger partial charge in [-0.3, -0.25) is 4.79 Å². The number of anilines is 1. The quantitative estimate of drug-likeness (QED) is 0.723. The summed E-state index contributed by atoms with van der Waals surface area (Å²) in [5, 5.41) is 1.24. The number of aromatic nitrogens is 1. The fourth-order valence-corrected chi connectivity index (χ4v) is 2.64. The number of benzene rings is 2. The lowest BCUT2D eigenvalue weighted by molar-refractivity contribution is 0.100. The number of hydrogen-bond acceptors (Lipinski definition) is 2. The zero-order valence-corrected chi connectivity index (χ0v) is 11.8. The Balaban J connectivity index is 2.01. The van der Waals surface area contributed by atoms with Crippen LogP contribution >= 0.6 is 0 Å². The minimum Gasteiger partial charge on any atom is -0.398 e. The van der Waals surface area contributed by atoms with E-state index < -0.39 is 5.91 Å². The van der Waals surface area contributed by atoms with Crippen LogP contribution in [-0.4, -0.2) is 10.5 Å². The summed E-state index contributed by atoms with van der Waals surface area (Å²) in [7, 11) is 0. The fraction of sp³-hybridized carbons (Fsp3) is 0.118. The second-order valence-electron chi connectivity index (χ2n) is 5.24. The third-order valence-electron chi connectivity index (χ3n) is 3.76. The Labute approximate surface area is 123 Å². The highest BCUT2D eigenvalue weighted by Crippen LogP contribution is 2.23. The molecule has 21 heavy (non-hydrogen) atoms. The van der Waals surface area contributed by atoms with Gasteiger partial charge in [0.25, 0.3) is 0 Å². The van der Waals surface area contributed by atoms with Crippen molar-refractivity contribution in [2.45, 2.75) is 13.5 Å². The van der Waals surface area contributed by atoms with E-state index >= 15 is 0 Å². The number of rotatable bonds is 3. The Morgan fingerprint density at radius 2 is 1.95 bits per heavy atom. The second-order valence-corrected chi connectivity index (χ2v) is 5.24. The number of fused-ring (bicyclic) bond motifs is 1. The Morgan fingerprint density at radius 1 is 1.19 bits per heavy atom. The summed E-state index contributed by atoms with van der Waals surface area (Å²) in [6.45, 7) is 2.76. The average molecular weight is 279 g/mol. The third kappa shape index (κ3) is 2.36. The fourth-order valence-electron chi connectivity index (χ4n) is 2.64. The predicted molar refractivity (Wildman–Crippen MR) is 85.1 cm³/mol. The monoisotopic (exact) mass is 279 g/mol. The molecule has 1 heterocycles. The van der Waals surface area contributed by atoms with Crippen molar-refractivity contribution >= 4 is 22.5 Å². The lowest BCUT2D eigenvalue weighted by Crippen LogP contribution is -2.12. The summed E-state index contributed by atoms with van der Waals surface area (Å²) in [5.74, 6) is -0.462. The van der Waals surface area contributed by atoms with E-state index in [1.165, 1.54) is 16.5 Å². The van der Waals surface area contributed by atoms with E-state index in [0.717, 1.165) is 5.56 Å². The van der Waals surface area contributed by atoms with Crippen molar-refractivity contribution in [2.75, 3.05) is 5.73 Å². The third-order valence-corrected chi connectivity index (χ3v) is 3.76. The summed E-state index contributed by atoms with van der Waals surface area (Å²) < 4.78 is 2.17. The van der Waals surface area contributed by atoms with Gasteiger partial charge in [0, 0.05) is 34.9 Å². The molecule has 0 unspecified atom stereocenters. The summed E-state index contributed by atoms with van der Waals surface area (Å²) in [4.78, 5) is 11.2. The molecule has 0 fully saturated rings. The zero-order valence-electron chi connectivity index (χ0n) is 11.8. The van der Waals surface area contributed by atoms with Crippen molar-refractivity contribution < 1.29 is 4.79 Å². The first-order valence-electron chi connectivity index (χ1n) is 6.79. The molecule has 106 valence electrons. The van der Waals surface area contributed by atoms with Crippen molar-refractivity contribution in [3.05, 3.63) is 65.4 Å². The van der Waals surface area contributed by atoms with Gasteiger partial charge in [0.1, 0.15) is 0 Å². The molecule has 0 saturated carbocycles. The molecule has 0 bridgehead atoms. The number of nitrogens with two attached hydrogens (primary N) is 2. The molecular formula is C17H17N3O. The number of carbonyl (C=O) groups is 1. The van der Waals surface area contributed by atoms with Crippen LogP contribution in [0.4, 0.5) is 5.69 Å². The molecule has 2 aromatic carbocycles. The van der Waals surface area contributed by atoms with Crippen molar-refractivity contribution in [3.63, 3.8) is 0 Å². The van der Waals surface area contributed by atoms with Gasteiger partial charge >= 0.3 is 0 Å². The van der Waals surface area contributed by atoms with Crippen LogP contribution in [0.3, 0.4) is 0 Å². The summed E-state index contributed by atoms with van der Waals surface area (Å²) in [6, 6.07) is 13.5. The van der Waals surface area contributed by atoms with Gasteiger partial charge in [-0.25, -0.2) is 0 Å². The molecule has 0 radical (unpaired) electrons. The molecule has 0 aliphatic heterocycles. The lowest BCUT2D eigenvalue weighted by atomic mass is 10.1. The Morgan fingerprint density at radius 3 is 2.67 bits per heavy atom. The maximum Gasteiger partial charge on any atom is 0.248 e. The van der Waals surface area contributed by atoms with Crippen molar-refractivity contribution in [2.24, 2.45) is 5.73 Å². The highest BCUT2D eigenvalue weighted by Gasteiger charge is 2.08. The molecule has 4 N–H and O–H groups in total. The minimum atomic E-state index is -0.462. The van der Waals surface area contributed by atoms with Gasteiger partial charge in [-0.2, -0.15) is 0 Å². The van der Waals surface area contributed by atoms with Gasteiger partial charge in [-0.15, -0.1) is 0 Å². The molecule has 0 saturated heterocycles. The van der Waals surface area contributed by atoms with E-state index in [2.05, 4.69) is 29.8 Å². The molecule has 0 spiro atoms. The largest absolute Gasteiger partial charge is 0.398 e. The first-order chi connectivity index (χ1) is 10.1. The lowest BCUT2D eigenvalue weighted by Gasteiger charge is -2.09. The summed E-state index contributed by atoms with van der Waals surface area (Å²) >= 11 is 0. The molecule has 0 aliphatic rings. The van der Waals surface area contributed by atoms with Crippen LogP contribution in [0.2, 0.25) is 0 Å². The van der Waals surface area contributed by atoms with Crippen LogP contribution in [0.1, 0.15) is 21.5 Å². The number of primary amides is 1. The molecule has 0 aliphatic carbocycles. The number of aryl methyl sites for hydroxylation is 1. The number of para-hydroxylation sites is 1. The van der Waals surface area contributed by atoms with E-state index in [-0.39, 0.29) is 0 Å². The van der Waals surface area contributed by atoms with Crippen LogP contribution in [0.15, 0.2) is 48.7 Å². The van der Waals surface area contributed by atoms with Crippen molar-refractivity contribution in [3.8, 4) is 0 Å². The average Bonchev–Trinajstić information content (AvgIpc) is 2.78. The van der Waals surface area contributed by atoms with E-state index in [0.29, 0.717) is 17.8 Å². The van der Waals surface area contributed by atoms with Gasteiger partial charge in [-0.05, 0) is 36.2 Å². The van der Waals surface area contributed by atoms with Crippen LogP contribution < -0.4 is 11.5 Å². The molecule has 3 rings (SSSR count). The molecule has 4 nitrogen and oxygen atoms in total. The van der Waals surface area contributed by atoms with Crippen LogP contribution in [0, 0.1) is 6.92 Å². The Kier molecular flexibility index (Phi) is 3.14. The molecule has 0 atom stereocenters. The number of nitrogens with zero attached hydrogens (tertiary/aromatic N) is 1. The first kappa shape index (κ1) is 13.2. The van der Waals surface area contributed by atoms with Crippen LogP contribution in [-0.2, 0) is 6.54 Å². The Hall–Kier alpha value is -2.75. The van der Waals surface area contributed by atoms with Gasteiger partial charge in [0.05, 0.1) is 0 Å². The maximum atomic E-state index is 11.2. The van der Waals surface area contributed by atoms with Gasteiger partial charge in [-0.1, -0.05) is 24.3 Å². The van der Waals surface area contributed by atoms with Crippen LogP contribution in [0.25, 0.3) is 10.9 Å². The normalized spacial score (nSPS) is 10.9. The van der Waals surface area contributed by atoms with Gasteiger partial charge < -0.3 is 16.0 Å². The summed E-state index contributed by atoms with van der Waals surface area (Å²) in [5.41, 5.74) is 15.7. The van der Waals surface area contributed by atoms with Crippen molar-refractivity contribution in [1.82, 2.24) is 4.57 Å². The van der Waals surface area contributed by atoms with Gasteiger partial charge in [0.15, 0.2) is 0 Å².